The highest BCUT2D eigenvalue weighted by Gasteiger charge is 2.26. The number of anilines is 1. The first-order chi connectivity index (χ1) is 8.89. The Kier molecular flexibility index (Phi) is 3.61. The molecule has 19 heavy (non-hydrogen) atoms. The maximum atomic E-state index is 11.6. The monoisotopic (exact) mass is 285 g/mol. The van der Waals surface area contributed by atoms with E-state index in [-0.39, 0.29) is 29.1 Å². The molecule has 0 spiro atoms. The van der Waals surface area contributed by atoms with Crippen LogP contribution in [-0.2, 0) is 10.0 Å². The smallest absolute Gasteiger partial charge is 0.273 e. The molecular weight excluding hydrogens is 270 g/mol. The number of nitrogens with one attached hydrogen (secondary N) is 2. The van der Waals surface area contributed by atoms with E-state index in [0.29, 0.717) is 0 Å². The van der Waals surface area contributed by atoms with Gasteiger partial charge in [0.25, 0.3) is 5.91 Å². The van der Waals surface area contributed by atoms with Gasteiger partial charge in [0, 0.05) is 13.1 Å². The third-order valence-corrected chi connectivity index (χ3v) is 3.02. The van der Waals surface area contributed by atoms with E-state index < -0.39 is 10.0 Å². The van der Waals surface area contributed by atoms with Crippen molar-refractivity contribution in [1.82, 2.24) is 10.3 Å². The third kappa shape index (κ3) is 3.82. The van der Waals surface area contributed by atoms with Crippen molar-refractivity contribution >= 4 is 21.6 Å². The molecule has 7 nitrogen and oxygen atoms in total. The molecule has 0 bridgehead atoms. The Morgan fingerprint density at radius 1 is 1.47 bits per heavy atom. The summed E-state index contributed by atoms with van der Waals surface area (Å²) in [5.74, 6) is -0.0861. The van der Waals surface area contributed by atoms with Gasteiger partial charge in [-0.3, -0.25) is 9.52 Å². The van der Waals surface area contributed by atoms with Crippen molar-refractivity contribution in [2.24, 2.45) is 0 Å². The molecule has 8 heteroatoms. The van der Waals surface area contributed by atoms with E-state index in [9.17, 15) is 13.2 Å². The lowest BCUT2D eigenvalue weighted by atomic mass is 10.3. The van der Waals surface area contributed by atoms with Gasteiger partial charge in [-0.15, -0.1) is 0 Å². The summed E-state index contributed by atoms with van der Waals surface area (Å²) >= 11 is 0. The summed E-state index contributed by atoms with van der Waals surface area (Å²) in [5.41, 5.74) is 0.416. The van der Waals surface area contributed by atoms with Gasteiger partial charge in [-0.25, -0.2) is 13.4 Å². The molecule has 0 aromatic carbocycles. The highest BCUT2D eigenvalue weighted by Crippen LogP contribution is 2.30. The lowest BCUT2D eigenvalue weighted by Gasteiger charge is -2.11. The van der Waals surface area contributed by atoms with Crippen molar-refractivity contribution in [2.45, 2.75) is 18.9 Å². The zero-order valence-corrected chi connectivity index (χ0v) is 11.5. The van der Waals surface area contributed by atoms with Crippen LogP contribution in [0.1, 0.15) is 23.3 Å². The van der Waals surface area contributed by atoms with E-state index in [1.54, 1.807) is 0 Å². The molecule has 1 fully saturated rings. The second kappa shape index (κ2) is 5.04. The molecule has 0 atom stereocenters. The fraction of sp³-hybridized carbons (Fsp3) is 0.455. The maximum Gasteiger partial charge on any atom is 0.273 e. The molecule has 1 aliphatic rings. The number of sulfonamides is 1. The number of rotatable bonds is 5. The normalized spacial score (nSPS) is 14.8. The van der Waals surface area contributed by atoms with Crippen LogP contribution in [0.3, 0.4) is 0 Å². The van der Waals surface area contributed by atoms with Crippen LogP contribution in [0.4, 0.5) is 5.69 Å². The van der Waals surface area contributed by atoms with Crippen LogP contribution in [0.2, 0.25) is 0 Å². The molecule has 0 saturated heterocycles. The molecular formula is C11H15N3O4S. The van der Waals surface area contributed by atoms with Crippen LogP contribution in [0.15, 0.2) is 12.3 Å². The number of ether oxygens (including phenoxy) is 1. The first kappa shape index (κ1) is 13.6. The van der Waals surface area contributed by atoms with Crippen LogP contribution in [0.25, 0.3) is 0 Å². The molecule has 2 N–H and O–H groups in total. The lowest BCUT2D eigenvalue weighted by molar-refractivity contribution is 0.0953. The Balaban J connectivity index is 2.31. The summed E-state index contributed by atoms with van der Waals surface area (Å²) < 4.78 is 30.2. The largest absolute Gasteiger partial charge is 0.488 e. The van der Waals surface area contributed by atoms with E-state index in [1.165, 1.54) is 19.3 Å². The van der Waals surface area contributed by atoms with Crippen molar-refractivity contribution < 1.29 is 17.9 Å². The average Bonchev–Trinajstić information content (AvgIpc) is 3.10. The number of pyridine rings is 1. The summed E-state index contributed by atoms with van der Waals surface area (Å²) in [4.78, 5) is 15.6. The predicted octanol–water partition coefficient (Wildman–Crippen LogP) is 0.354. The predicted molar refractivity (Wildman–Crippen MR) is 69.7 cm³/mol. The second-order valence-electron chi connectivity index (χ2n) is 4.34. The Labute approximate surface area is 111 Å². The van der Waals surface area contributed by atoms with Gasteiger partial charge in [0.2, 0.25) is 10.0 Å². The van der Waals surface area contributed by atoms with Crippen LogP contribution < -0.4 is 14.8 Å². The van der Waals surface area contributed by atoms with Crippen LogP contribution >= 0.6 is 0 Å². The number of carbonyl (C=O) groups is 1. The zero-order chi connectivity index (χ0) is 14.0. The molecule has 1 amide bonds. The van der Waals surface area contributed by atoms with Crippen molar-refractivity contribution in [3.05, 3.63) is 18.0 Å². The van der Waals surface area contributed by atoms with Crippen LogP contribution in [0.5, 0.6) is 5.75 Å². The van der Waals surface area contributed by atoms with Crippen LogP contribution in [0, 0.1) is 0 Å². The van der Waals surface area contributed by atoms with Gasteiger partial charge in [-0.2, -0.15) is 0 Å². The molecule has 1 heterocycles. The molecule has 0 aliphatic heterocycles. The number of amides is 1. The Hall–Kier alpha value is -1.83. The summed E-state index contributed by atoms with van der Waals surface area (Å²) in [6.07, 6.45) is 4.26. The minimum Gasteiger partial charge on any atom is -0.488 e. The highest BCUT2D eigenvalue weighted by molar-refractivity contribution is 7.92. The summed E-state index contributed by atoms with van der Waals surface area (Å²) in [7, 11) is -1.90. The van der Waals surface area contributed by atoms with Gasteiger partial charge in [-0.05, 0) is 12.8 Å². The van der Waals surface area contributed by atoms with E-state index in [0.717, 1.165) is 19.1 Å². The first-order valence-corrected chi connectivity index (χ1v) is 7.65. The SMILES string of the molecule is CNC(=O)c1ncc(NS(C)(=O)=O)cc1OC1CC1. The number of hydrogen-bond donors (Lipinski definition) is 2. The summed E-state index contributed by atoms with van der Waals surface area (Å²) in [6, 6.07) is 1.47. The third-order valence-electron chi connectivity index (χ3n) is 2.42. The Bertz CT molecular complexity index is 596. The van der Waals surface area contributed by atoms with Crippen molar-refractivity contribution in [3.8, 4) is 5.75 Å². The van der Waals surface area contributed by atoms with Crippen molar-refractivity contribution in [1.29, 1.82) is 0 Å². The zero-order valence-electron chi connectivity index (χ0n) is 10.6. The number of aromatic nitrogens is 1. The van der Waals surface area contributed by atoms with Gasteiger partial charge in [0.05, 0.1) is 24.2 Å². The lowest BCUT2D eigenvalue weighted by Crippen LogP contribution is -2.21. The summed E-state index contributed by atoms with van der Waals surface area (Å²) in [6.45, 7) is 0. The number of nitrogens with zero attached hydrogens (tertiary/aromatic N) is 1. The first-order valence-electron chi connectivity index (χ1n) is 5.75. The highest BCUT2D eigenvalue weighted by atomic mass is 32.2. The number of hydrogen-bond acceptors (Lipinski definition) is 5. The quantitative estimate of drug-likeness (QED) is 0.813. The fourth-order valence-corrected chi connectivity index (χ4v) is 2.00. The fourth-order valence-electron chi connectivity index (χ4n) is 1.46. The maximum absolute atomic E-state index is 11.6. The molecule has 0 unspecified atom stereocenters. The number of carbonyl (C=O) groups excluding carboxylic acids is 1. The molecule has 1 saturated carbocycles. The standard InChI is InChI=1S/C11H15N3O4S/c1-12-11(15)10-9(18-8-3-4-8)5-7(6-13-10)14-19(2,16)17/h5-6,8,14H,3-4H2,1-2H3,(H,12,15). The van der Waals surface area contributed by atoms with Gasteiger partial charge in [0.1, 0.15) is 0 Å². The van der Waals surface area contributed by atoms with Gasteiger partial charge in [-0.1, -0.05) is 0 Å². The molecule has 1 aromatic heterocycles. The van der Waals surface area contributed by atoms with Gasteiger partial charge in [0.15, 0.2) is 11.4 Å². The van der Waals surface area contributed by atoms with Gasteiger partial charge < -0.3 is 10.1 Å². The topological polar surface area (TPSA) is 97.4 Å². The second-order valence-corrected chi connectivity index (χ2v) is 6.09. The minimum atomic E-state index is -3.39. The van der Waals surface area contributed by atoms with E-state index in [4.69, 9.17) is 4.74 Å². The van der Waals surface area contributed by atoms with Crippen LogP contribution in [-0.4, -0.2) is 38.7 Å². The Morgan fingerprint density at radius 2 is 2.16 bits per heavy atom. The van der Waals surface area contributed by atoms with E-state index in [1.807, 2.05) is 0 Å². The summed E-state index contributed by atoms with van der Waals surface area (Å²) in [5, 5.41) is 2.46. The van der Waals surface area contributed by atoms with Crippen molar-refractivity contribution in [3.63, 3.8) is 0 Å². The molecule has 1 aromatic rings. The average molecular weight is 285 g/mol. The minimum absolute atomic E-state index is 0.0821. The molecule has 2 rings (SSSR count). The van der Waals surface area contributed by atoms with E-state index >= 15 is 0 Å². The van der Waals surface area contributed by atoms with Crippen molar-refractivity contribution in [2.75, 3.05) is 18.0 Å². The molecule has 104 valence electrons. The van der Waals surface area contributed by atoms with E-state index in [2.05, 4.69) is 15.0 Å². The molecule has 0 radical (unpaired) electrons. The molecule has 1 aliphatic carbocycles. The Morgan fingerprint density at radius 3 is 2.68 bits per heavy atom. The van der Waals surface area contributed by atoms with Gasteiger partial charge >= 0.3 is 0 Å².